The van der Waals surface area contributed by atoms with Crippen LogP contribution in [0.15, 0.2) is 18.2 Å². The minimum atomic E-state index is -0.540. The molecule has 2 rings (SSSR count). The highest BCUT2D eigenvalue weighted by atomic mass is 16.6. The SMILES string of the molecule is CCNc1ccc([N+](=O)[O-])c(C(=O)NC2CCCOC2)c1. The van der Waals surface area contributed by atoms with Gasteiger partial charge in [-0.1, -0.05) is 0 Å². The standard InChI is InChI=1S/C14H19N3O4/c1-2-15-10-5-6-13(17(19)20)12(8-10)14(18)16-11-4-3-7-21-9-11/h5-6,8,11,15H,2-4,7,9H2,1H3,(H,16,18). The number of hydrogen-bond donors (Lipinski definition) is 2. The Morgan fingerprint density at radius 3 is 2.95 bits per heavy atom. The zero-order valence-corrected chi connectivity index (χ0v) is 11.9. The lowest BCUT2D eigenvalue weighted by Crippen LogP contribution is -2.40. The normalized spacial score (nSPS) is 18.0. The van der Waals surface area contributed by atoms with E-state index in [-0.39, 0.29) is 17.3 Å². The molecule has 0 saturated carbocycles. The third-order valence-electron chi connectivity index (χ3n) is 3.31. The Balaban J connectivity index is 2.19. The number of benzene rings is 1. The molecule has 1 unspecified atom stereocenters. The summed E-state index contributed by atoms with van der Waals surface area (Å²) in [4.78, 5) is 22.8. The summed E-state index contributed by atoms with van der Waals surface area (Å²) in [5.74, 6) is -0.433. The first-order valence-electron chi connectivity index (χ1n) is 7.02. The number of ether oxygens (including phenoxy) is 1. The van der Waals surface area contributed by atoms with Crippen LogP contribution in [0.4, 0.5) is 11.4 Å². The van der Waals surface area contributed by atoms with Gasteiger partial charge < -0.3 is 15.4 Å². The van der Waals surface area contributed by atoms with E-state index >= 15 is 0 Å². The second-order valence-corrected chi connectivity index (χ2v) is 4.91. The van der Waals surface area contributed by atoms with Gasteiger partial charge >= 0.3 is 0 Å². The van der Waals surface area contributed by atoms with Crippen molar-refractivity contribution in [1.29, 1.82) is 0 Å². The molecule has 114 valence electrons. The molecule has 7 nitrogen and oxygen atoms in total. The van der Waals surface area contributed by atoms with E-state index in [0.29, 0.717) is 25.4 Å². The van der Waals surface area contributed by atoms with E-state index in [1.165, 1.54) is 12.1 Å². The molecule has 1 aromatic rings. The number of hydrogen-bond acceptors (Lipinski definition) is 5. The van der Waals surface area contributed by atoms with Crippen LogP contribution in [0.5, 0.6) is 0 Å². The van der Waals surface area contributed by atoms with Gasteiger partial charge in [0.15, 0.2) is 0 Å². The Bertz CT molecular complexity index is 527. The fraction of sp³-hybridized carbons (Fsp3) is 0.500. The lowest BCUT2D eigenvalue weighted by molar-refractivity contribution is -0.385. The first-order valence-corrected chi connectivity index (χ1v) is 7.02. The predicted octanol–water partition coefficient (Wildman–Crippen LogP) is 1.94. The minimum Gasteiger partial charge on any atom is -0.385 e. The Morgan fingerprint density at radius 2 is 2.33 bits per heavy atom. The molecule has 0 radical (unpaired) electrons. The number of rotatable bonds is 5. The van der Waals surface area contributed by atoms with Crippen LogP contribution in [-0.2, 0) is 4.74 Å². The van der Waals surface area contributed by atoms with Gasteiger partial charge in [-0.2, -0.15) is 0 Å². The van der Waals surface area contributed by atoms with Crippen LogP contribution in [0.3, 0.4) is 0 Å². The molecule has 1 aliphatic rings. The van der Waals surface area contributed by atoms with Gasteiger partial charge in [0.05, 0.1) is 17.6 Å². The van der Waals surface area contributed by atoms with Gasteiger partial charge in [0.25, 0.3) is 11.6 Å². The molecule has 1 heterocycles. The molecule has 1 saturated heterocycles. The summed E-state index contributed by atoms with van der Waals surface area (Å²) in [6.45, 7) is 3.74. The molecule has 1 amide bonds. The number of carbonyl (C=O) groups is 1. The quantitative estimate of drug-likeness (QED) is 0.639. The van der Waals surface area contributed by atoms with Crippen LogP contribution >= 0.6 is 0 Å². The van der Waals surface area contributed by atoms with Crippen LogP contribution < -0.4 is 10.6 Å². The fourth-order valence-electron chi connectivity index (χ4n) is 2.31. The molecule has 0 bridgehead atoms. The van der Waals surface area contributed by atoms with Crippen molar-refractivity contribution in [2.75, 3.05) is 25.1 Å². The van der Waals surface area contributed by atoms with E-state index in [4.69, 9.17) is 4.74 Å². The van der Waals surface area contributed by atoms with Crippen LogP contribution in [-0.4, -0.2) is 36.6 Å². The number of carbonyl (C=O) groups excluding carboxylic acids is 1. The van der Waals surface area contributed by atoms with Crippen molar-refractivity contribution in [3.63, 3.8) is 0 Å². The van der Waals surface area contributed by atoms with Crippen molar-refractivity contribution in [2.24, 2.45) is 0 Å². The maximum absolute atomic E-state index is 12.3. The lowest BCUT2D eigenvalue weighted by Gasteiger charge is -2.23. The van der Waals surface area contributed by atoms with Crippen molar-refractivity contribution in [1.82, 2.24) is 5.32 Å². The minimum absolute atomic E-state index is 0.0732. The van der Waals surface area contributed by atoms with Gasteiger partial charge in [0.1, 0.15) is 5.56 Å². The van der Waals surface area contributed by atoms with E-state index in [1.807, 2.05) is 6.92 Å². The molecular weight excluding hydrogens is 274 g/mol. The Labute approximate surface area is 122 Å². The summed E-state index contributed by atoms with van der Waals surface area (Å²) in [6, 6.07) is 4.38. The summed E-state index contributed by atoms with van der Waals surface area (Å²) < 4.78 is 5.30. The molecule has 1 fully saturated rings. The Hall–Kier alpha value is -2.15. The molecular formula is C14H19N3O4. The molecule has 1 atom stereocenters. The van der Waals surface area contributed by atoms with Gasteiger partial charge in [-0.3, -0.25) is 14.9 Å². The van der Waals surface area contributed by atoms with Gasteiger partial charge in [0, 0.05) is 24.9 Å². The highest BCUT2D eigenvalue weighted by Gasteiger charge is 2.24. The summed E-state index contributed by atoms with van der Waals surface area (Å²) in [7, 11) is 0. The zero-order valence-electron chi connectivity index (χ0n) is 11.9. The smallest absolute Gasteiger partial charge is 0.282 e. The highest BCUT2D eigenvalue weighted by molar-refractivity contribution is 5.99. The van der Waals surface area contributed by atoms with E-state index in [2.05, 4.69) is 10.6 Å². The van der Waals surface area contributed by atoms with Gasteiger partial charge in [-0.25, -0.2) is 0 Å². The van der Waals surface area contributed by atoms with Crippen molar-refractivity contribution < 1.29 is 14.5 Å². The van der Waals surface area contributed by atoms with Crippen molar-refractivity contribution in [3.8, 4) is 0 Å². The van der Waals surface area contributed by atoms with Crippen LogP contribution in [0.25, 0.3) is 0 Å². The van der Waals surface area contributed by atoms with E-state index in [1.54, 1.807) is 6.07 Å². The number of nitro benzene ring substituents is 1. The first-order chi connectivity index (χ1) is 10.1. The molecule has 2 N–H and O–H groups in total. The van der Waals surface area contributed by atoms with Crippen molar-refractivity contribution in [3.05, 3.63) is 33.9 Å². The van der Waals surface area contributed by atoms with Crippen LogP contribution in [0.1, 0.15) is 30.1 Å². The maximum atomic E-state index is 12.3. The lowest BCUT2D eigenvalue weighted by atomic mass is 10.1. The summed E-state index contributed by atoms with van der Waals surface area (Å²) >= 11 is 0. The third kappa shape index (κ3) is 3.91. The molecule has 0 spiro atoms. The first kappa shape index (κ1) is 15.2. The predicted molar refractivity (Wildman–Crippen MR) is 78.6 cm³/mol. The number of nitrogens with one attached hydrogen (secondary N) is 2. The van der Waals surface area contributed by atoms with Gasteiger partial charge in [-0.05, 0) is 31.9 Å². The summed E-state index contributed by atoms with van der Waals surface area (Å²) in [6.07, 6.45) is 1.71. The zero-order chi connectivity index (χ0) is 15.2. The van der Waals surface area contributed by atoms with E-state index in [9.17, 15) is 14.9 Å². The number of anilines is 1. The second kappa shape index (κ2) is 7.03. The third-order valence-corrected chi connectivity index (χ3v) is 3.31. The molecule has 7 heteroatoms. The van der Waals surface area contributed by atoms with Crippen molar-refractivity contribution in [2.45, 2.75) is 25.8 Å². The molecule has 21 heavy (non-hydrogen) atoms. The summed E-state index contributed by atoms with van der Waals surface area (Å²) in [5, 5.41) is 16.9. The summed E-state index contributed by atoms with van der Waals surface area (Å²) in [5.41, 5.74) is 0.572. The van der Waals surface area contributed by atoms with E-state index in [0.717, 1.165) is 12.8 Å². The van der Waals surface area contributed by atoms with Crippen LogP contribution in [0, 0.1) is 10.1 Å². The fourth-order valence-corrected chi connectivity index (χ4v) is 2.31. The average Bonchev–Trinajstić information content (AvgIpc) is 2.48. The monoisotopic (exact) mass is 293 g/mol. The maximum Gasteiger partial charge on any atom is 0.282 e. The van der Waals surface area contributed by atoms with Gasteiger partial charge in [0.2, 0.25) is 0 Å². The van der Waals surface area contributed by atoms with Gasteiger partial charge in [-0.15, -0.1) is 0 Å². The number of amides is 1. The van der Waals surface area contributed by atoms with Crippen molar-refractivity contribution >= 4 is 17.3 Å². The Morgan fingerprint density at radius 1 is 1.52 bits per heavy atom. The number of nitro groups is 1. The topological polar surface area (TPSA) is 93.5 Å². The average molecular weight is 293 g/mol. The largest absolute Gasteiger partial charge is 0.385 e. The van der Waals surface area contributed by atoms with E-state index < -0.39 is 10.8 Å². The highest BCUT2D eigenvalue weighted by Crippen LogP contribution is 2.23. The molecule has 1 aromatic carbocycles. The number of nitrogens with zero attached hydrogens (tertiary/aromatic N) is 1. The Kier molecular flexibility index (Phi) is 5.10. The van der Waals surface area contributed by atoms with Crippen LogP contribution in [0.2, 0.25) is 0 Å². The molecule has 1 aliphatic heterocycles. The molecule has 0 aliphatic carbocycles. The second-order valence-electron chi connectivity index (χ2n) is 4.91. The molecule has 0 aromatic heterocycles.